The first-order valence-electron chi connectivity index (χ1n) is 5.55. The minimum Gasteiger partial charge on any atom is -0.481 e. The van der Waals surface area contributed by atoms with Gasteiger partial charge in [-0.1, -0.05) is 23.7 Å². The average Bonchev–Trinajstić information content (AvgIpc) is 2.74. The van der Waals surface area contributed by atoms with Crippen molar-refractivity contribution in [2.45, 2.75) is 19.3 Å². The van der Waals surface area contributed by atoms with Crippen molar-refractivity contribution < 1.29 is 9.90 Å². The first-order chi connectivity index (χ1) is 8.56. The molecule has 2 rings (SSSR count). The number of aliphatic carboxylic acids is 1. The minimum absolute atomic E-state index is 0.0171. The van der Waals surface area contributed by atoms with Gasteiger partial charge in [0.2, 0.25) is 0 Å². The summed E-state index contributed by atoms with van der Waals surface area (Å²) in [5.74, 6) is -0.308. The largest absolute Gasteiger partial charge is 0.481 e. The zero-order valence-electron chi connectivity index (χ0n) is 9.85. The summed E-state index contributed by atoms with van der Waals surface area (Å²) in [7, 11) is 0. The van der Waals surface area contributed by atoms with Crippen LogP contribution >= 0.6 is 11.6 Å². The van der Waals surface area contributed by atoms with Crippen molar-refractivity contribution in [3.8, 4) is 0 Å². The fourth-order valence-electron chi connectivity index (χ4n) is 1.89. The second kappa shape index (κ2) is 5.23. The Morgan fingerprint density at radius 1 is 1.44 bits per heavy atom. The van der Waals surface area contributed by atoms with Gasteiger partial charge in [-0.2, -0.15) is 0 Å². The van der Waals surface area contributed by atoms with Gasteiger partial charge in [0.25, 0.3) is 0 Å². The van der Waals surface area contributed by atoms with Gasteiger partial charge < -0.3 is 10.1 Å². The Morgan fingerprint density at radius 3 is 2.61 bits per heavy atom. The van der Waals surface area contributed by atoms with Gasteiger partial charge in [-0.25, -0.2) is 4.98 Å². The smallest absolute Gasteiger partial charge is 0.304 e. The number of carboxylic acids is 1. The lowest BCUT2D eigenvalue weighted by molar-refractivity contribution is -0.137. The Labute approximate surface area is 110 Å². The number of carbonyl (C=O) groups is 1. The van der Waals surface area contributed by atoms with E-state index in [1.165, 1.54) is 0 Å². The molecule has 2 aromatic rings. The molecule has 94 valence electrons. The molecule has 0 bridgehead atoms. The Balaban J connectivity index is 2.36. The molecule has 2 N–H and O–H groups in total. The summed E-state index contributed by atoms with van der Waals surface area (Å²) >= 11 is 5.84. The first-order valence-corrected chi connectivity index (χ1v) is 5.93. The number of benzene rings is 1. The minimum atomic E-state index is -0.845. The number of nitrogens with one attached hydrogen (secondary N) is 1. The summed E-state index contributed by atoms with van der Waals surface area (Å²) < 4.78 is 0. The lowest BCUT2D eigenvalue weighted by Gasteiger charge is -2.13. The second-order valence-electron chi connectivity index (χ2n) is 4.13. The third kappa shape index (κ3) is 2.90. The highest BCUT2D eigenvalue weighted by Crippen LogP contribution is 2.27. The normalized spacial score (nSPS) is 12.3. The molecule has 0 aliphatic rings. The Hall–Kier alpha value is -1.81. The van der Waals surface area contributed by atoms with Crippen molar-refractivity contribution >= 4 is 17.6 Å². The number of hydrogen-bond donors (Lipinski definition) is 2. The number of hydrogen-bond acceptors (Lipinski definition) is 2. The van der Waals surface area contributed by atoms with Crippen LogP contribution in [0.25, 0.3) is 0 Å². The van der Waals surface area contributed by atoms with E-state index >= 15 is 0 Å². The van der Waals surface area contributed by atoms with E-state index in [9.17, 15) is 4.79 Å². The van der Waals surface area contributed by atoms with Gasteiger partial charge in [0.1, 0.15) is 5.82 Å². The van der Waals surface area contributed by atoms with Crippen LogP contribution in [0, 0.1) is 6.92 Å². The summed E-state index contributed by atoms with van der Waals surface area (Å²) in [6, 6.07) is 7.20. The molecule has 18 heavy (non-hydrogen) atoms. The molecule has 0 saturated heterocycles. The molecule has 5 heteroatoms. The second-order valence-corrected chi connectivity index (χ2v) is 4.56. The first kappa shape index (κ1) is 12.6. The van der Waals surface area contributed by atoms with Crippen molar-refractivity contribution in [3.05, 3.63) is 52.6 Å². The highest BCUT2D eigenvalue weighted by molar-refractivity contribution is 6.30. The van der Waals surface area contributed by atoms with Gasteiger partial charge in [-0.05, 0) is 24.6 Å². The van der Waals surface area contributed by atoms with Crippen LogP contribution in [-0.4, -0.2) is 21.0 Å². The molecular formula is C13H13ClN2O2. The van der Waals surface area contributed by atoms with Crippen LogP contribution in [0.1, 0.15) is 29.4 Å². The maximum Gasteiger partial charge on any atom is 0.304 e. The predicted octanol–water partition coefficient (Wildman–Crippen LogP) is 2.98. The summed E-state index contributed by atoms with van der Waals surface area (Å²) in [5.41, 5.74) is 1.71. The molecule has 0 radical (unpaired) electrons. The number of halogens is 1. The fraction of sp³-hybridized carbons (Fsp3) is 0.231. The van der Waals surface area contributed by atoms with Crippen LogP contribution in [0.15, 0.2) is 30.5 Å². The van der Waals surface area contributed by atoms with E-state index in [0.29, 0.717) is 5.02 Å². The van der Waals surface area contributed by atoms with Crippen LogP contribution in [-0.2, 0) is 4.79 Å². The van der Waals surface area contributed by atoms with Crippen LogP contribution in [0.4, 0.5) is 0 Å². The van der Waals surface area contributed by atoms with Crippen molar-refractivity contribution in [2.24, 2.45) is 0 Å². The number of aromatic nitrogens is 2. The van der Waals surface area contributed by atoms with Crippen LogP contribution < -0.4 is 0 Å². The monoisotopic (exact) mass is 264 g/mol. The molecule has 1 unspecified atom stereocenters. The summed E-state index contributed by atoms with van der Waals surface area (Å²) in [4.78, 5) is 18.2. The summed E-state index contributed by atoms with van der Waals surface area (Å²) in [6.07, 6.45) is 1.70. The maximum atomic E-state index is 11.0. The van der Waals surface area contributed by atoms with E-state index in [4.69, 9.17) is 16.7 Å². The SMILES string of the molecule is Cc1ncc(C(CC(=O)O)c2ccc(Cl)cc2)[nH]1. The number of aryl methyl sites for hydroxylation is 1. The highest BCUT2D eigenvalue weighted by Gasteiger charge is 2.19. The average molecular weight is 265 g/mol. The van der Waals surface area contributed by atoms with Gasteiger partial charge in [0.15, 0.2) is 0 Å². The Morgan fingerprint density at radius 2 is 2.11 bits per heavy atom. The molecular weight excluding hydrogens is 252 g/mol. The number of rotatable bonds is 4. The molecule has 0 spiro atoms. The molecule has 0 fully saturated rings. The predicted molar refractivity (Wildman–Crippen MR) is 68.9 cm³/mol. The number of imidazole rings is 1. The highest BCUT2D eigenvalue weighted by atomic mass is 35.5. The third-order valence-corrected chi connectivity index (χ3v) is 3.00. The lowest BCUT2D eigenvalue weighted by Crippen LogP contribution is -2.08. The molecule has 4 nitrogen and oxygen atoms in total. The van der Waals surface area contributed by atoms with Crippen molar-refractivity contribution in [3.63, 3.8) is 0 Å². The molecule has 1 heterocycles. The number of carboxylic acid groups (broad SMARTS) is 1. The Bertz CT molecular complexity index is 548. The van der Waals surface area contributed by atoms with Crippen molar-refractivity contribution in [2.75, 3.05) is 0 Å². The molecule has 0 aliphatic carbocycles. The number of H-pyrrole nitrogens is 1. The van der Waals surface area contributed by atoms with Crippen LogP contribution in [0.5, 0.6) is 0 Å². The fourth-order valence-corrected chi connectivity index (χ4v) is 2.02. The standard InChI is InChI=1S/C13H13ClN2O2/c1-8-15-7-12(16-8)11(6-13(17)18)9-2-4-10(14)5-3-9/h2-5,7,11H,6H2,1H3,(H,15,16)(H,17,18). The van der Waals surface area contributed by atoms with E-state index in [0.717, 1.165) is 17.1 Å². The van der Waals surface area contributed by atoms with Crippen molar-refractivity contribution in [1.29, 1.82) is 0 Å². The van der Waals surface area contributed by atoms with Gasteiger partial charge in [0.05, 0.1) is 6.42 Å². The quantitative estimate of drug-likeness (QED) is 0.892. The van der Waals surface area contributed by atoms with Gasteiger partial charge in [-0.3, -0.25) is 4.79 Å². The zero-order chi connectivity index (χ0) is 13.1. The van der Waals surface area contributed by atoms with Crippen LogP contribution in [0.3, 0.4) is 0 Å². The summed E-state index contributed by atoms with van der Waals surface area (Å²) in [5, 5.41) is 9.64. The summed E-state index contributed by atoms with van der Waals surface area (Å²) in [6.45, 7) is 1.84. The van der Waals surface area contributed by atoms with E-state index in [-0.39, 0.29) is 12.3 Å². The van der Waals surface area contributed by atoms with Crippen LogP contribution in [0.2, 0.25) is 5.02 Å². The van der Waals surface area contributed by atoms with Crippen molar-refractivity contribution in [1.82, 2.24) is 9.97 Å². The molecule has 1 aromatic heterocycles. The van der Waals surface area contributed by atoms with E-state index in [1.807, 2.05) is 19.1 Å². The molecule has 0 amide bonds. The number of aromatic amines is 1. The molecule has 1 aromatic carbocycles. The maximum absolute atomic E-state index is 11.0. The topological polar surface area (TPSA) is 66.0 Å². The van der Waals surface area contributed by atoms with E-state index in [2.05, 4.69) is 9.97 Å². The van der Waals surface area contributed by atoms with Gasteiger partial charge in [0, 0.05) is 22.8 Å². The third-order valence-electron chi connectivity index (χ3n) is 2.75. The number of nitrogens with zero attached hydrogens (tertiary/aromatic N) is 1. The van der Waals surface area contributed by atoms with E-state index in [1.54, 1.807) is 18.3 Å². The zero-order valence-corrected chi connectivity index (χ0v) is 10.6. The van der Waals surface area contributed by atoms with Gasteiger partial charge in [-0.15, -0.1) is 0 Å². The molecule has 0 aliphatic heterocycles. The lowest BCUT2D eigenvalue weighted by atomic mass is 9.93. The molecule has 0 saturated carbocycles. The Kier molecular flexibility index (Phi) is 3.67. The van der Waals surface area contributed by atoms with E-state index < -0.39 is 5.97 Å². The molecule has 1 atom stereocenters. The van der Waals surface area contributed by atoms with Gasteiger partial charge >= 0.3 is 5.97 Å².